The third kappa shape index (κ3) is 3.34. The molecular weight excluding hydrogens is 397 g/mol. The van der Waals surface area contributed by atoms with E-state index in [0.29, 0.717) is 0 Å². The smallest absolute Gasteiger partial charge is 0.173 e. The van der Waals surface area contributed by atoms with E-state index in [2.05, 4.69) is 48.3 Å². The molecule has 1 unspecified atom stereocenters. The zero-order chi connectivity index (χ0) is 21.3. The van der Waals surface area contributed by atoms with Crippen LogP contribution in [0.1, 0.15) is 24.1 Å². The Balaban J connectivity index is 1.86. The van der Waals surface area contributed by atoms with Crippen molar-refractivity contribution in [3.8, 4) is 0 Å². The highest BCUT2D eigenvalue weighted by atomic mass is 31.2. The third-order valence-corrected chi connectivity index (χ3v) is 9.16. The molecule has 0 fully saturated rings. The molecule has 4 aromatic carbocycles. The monoisotopic (exact) mass is 421 g/mol. The van der Waals surface area contributed by atoms with E-state index in [4.69, 9.17) is 0 Å². The minimum absolute atomic E-state index is 0.0735. The molecule has 1 atom stereocenters. The predicted octanol–water partition coefficient (Wildman–Crippen LogP) is 5.96. The minimum Gasteiger partial charge on any atom is -0.357 e. The maximum atomic E-state index is 15.2. The number of H-pyrrole nitrogens is 1. The molecule has 0 spiro atoms. The number of aromatic nitrogens is 1. The summed E-state index contributed by atoms with van der Waals surface area (Å²) in [4.78, 5) is 3.64. The van der Waals surface area contributed by atoms with Gasteiger partial charge in [-0.25, -0.2) is 0 Å². The SMILES string of the molecule is CC(c1ccccc1)c1[nH]c2ccccc2c1P(=O)(c1ccccc1)c1ccccc1. The third-order valence-electron chi connectivity index (χ3n) is 5.99. The number of rotatable bonds is 5. The van der Waals surface area contributed by atoms with Crippen molar-refractivity contribution in [2.24, 2.45) is 0 Å². The molecule has 5 rings (SSSR count). The van der Waals surface area contributed by atoms with Crippen molar-refractivity contribution in [3.05, 3.63) is 127 Å². The van der Waals surface area contributed by atoms with Crippen LogP contribution in [-0.4, -0.2) is 4.98 Å². The van der Waals surface area contributed by atoms with Crippen LogP contribution in [0.5, 0.6) is 0 Å². The van der Waals surface area contributed by atoms with Crippen LogP contribution in [0.4, 0.5) is 0 Å². The molecule has 0 amide bonds. The van der Waals surface area contributed by atoms with Gasteiger partial charge in [-0.1, -0.05) is 116 Å². The minimum atomic E-state index is -3.12. The quantitative estimate of drug-likeness (QED) is 0.349. The Bertz CT molecular complexity index is 1310. The molecule has 0 aliphatic heterocycles. The second-order valence-corrected chi connectivity index (χ2v) is 10.5. The molecule has 152 valence electrons. The summed E-state index contributed by atoms with van der Waals surface area (Å²) in [6.45, 7) is 2.18. The van der Waals surface area contributed by atoms with Gasteiger partial charge in [-0.2, -0.15) is 0 Å². The normalized spacial score (nSPS) is 12.7. The van der Waals surface area contributed by atoms with Crippen molar-refractivity contribution in [2.75, 3.05) is 0 Å². The molecule has 0 saturated heterocycles. The lowest BCUT2D eigenvalue weighted by atomic mass is 9.98. The second kappa shape index (κ2) is 8.06. The predicted molar refractivity (Wildman–Crippen MR) is 132 cm³/mol. The fraction of sp³-hybridized carbons (Fsp3) is 0.0714. The van der Waals surface area contributed by atoms with Crippen molar-refractivity contribution < 1.29 is 4.57 Å². The standard InChI is InChI=1S/C28H24NOP/c1-21(22-13-5-2-6-14-22)27-28(25-19-11-12-20-26(25)29-27)31(30,23-15-7-3-8-16-23)24-17-9-4-10-18-24/h2-21,29H,1H3. The van der Waals surface area contributed by atoms with Crippen LogP contribution in [0.25, 0.3) is 10.9 Å². The van der Waals surface area contributed by atoms with Crippen LogP contribution in [-0.2, 0) is 4.57 Å². The van der Waals surface area contributed by atoms with Gasteiger partial charge in [-0.3, -0.25) is 0 Å². The molecule has 31 heavy (non-hydrogen) atoms. The number of para-hydroxylation sites is 1. The van der Waals surface area contributed by atoms with E-state index in [1.165, 1.54) is 5.56 Å². The molecule has 0 saturated carbocycles. The lowest BCUT2D eigenvalue weighted by molar-refractivity contribution is 0.592. The summed E-state index contributed by atoms with van der Waals surface area (Å²) >= 11 is 0. The molecule has 1 aromatic heterocycles. The van der Waals surface area contributed by atoms with E-state index < -0.39 is 7.14 Å². The Morgan fingerprint density at radius 3 is 1.71 bits per heavy atom. The Labute approximate surface area is 183 Å². The van der Waals surface area contributed by atoms with Gasteiger partial charge in [0.05, 0.1) is 0 Å². The van der Waals surface area contributed by atoms with Gasteiger partial charge in [0.25, 0.3) is 0 Å². The molecular formula is C28H24NOP. The van der Waals surface area contributed by atoms with Crippen LogP contribution in [0.3, 0.4) is 0 Å². The zero-order valence-electron chi connectivity index (χ0n) is 17.4. The number of nitrogens with one attached hydrogen (secondary N) is 1. The summed E-state index contributed by atoms with van der Waals surface area (Å²) < 4.78 is 15.2. The molecule has 1 heterocycles. The van der Waals surface area contributed by atoms with Crippen LogP contribution >= 0.6 is 7.14 Å². The fourth-order valence-electron chi connectivity index (χ4n) is 4.39. The topological polar surface area (TPSA) is 32.9 Å². The Morgan fingerprint density at radius 1 is 0.645 bits per heavy atom. The Kier molecular flexibility index (Phi) is 5.10. The van der Waals surface area contributed by atoms with E-state index in [0.717, 1.165) is 32.5 Å². The second-order valence-electron chi connectivity index (χ2n) is 7.85. The first-order valence-corrected chi connectivity index (χ1v) is 12.3. The first kappa shape index (κ1) is 19.6. The van der Waals surface area contributed by atoms with Gasteiger partial charge in [0.1, 0.15) is 0 Å². The molecule has 0 bridgehead atoms. The Hall–Kier alpha value is -3.35. The van der Waals surface area contributed by atoms with E-state index in [1.807, 2.05) is 78.9 Å². The molecule has 2 nitrogen and oxygen atoms in total. The summed E-state index contributed by atoms with van der Waals surface area (Å²) in [5, 5.41) is 3.65. The van der Waals surface area contributed by atoms with E-state index in [1.54, 1.807) is 0 Å². The number of benzene rings is 4. The van der Waals surface area contributed by atoms with Crippen LogP contribution in [0.2, 0.25) is 0 Å². The lowest BCUT2D eigenvalue weighted by Crippen LogP contribution is -2.27. The van der Waals surface area contributed by atoms with Crippen LogP contribution < -0.4 is 15.9 Å². The average molecular weight is 421 g/mol. The van der Waals surface area contributed by atoms with Crippen molar-refractivity contribution in [2.45, 2.75) is 12.8 Å². The molecule has 0 aliphatic carbocycles. The maximum absolute atomic E-state index is 15.2. The summed E-state index contributed by atoms with van der Waals surface area (Å²) in [5.41, 5.74) is 3.23. The highest BCUT2D eigenvalue weighted by Gasteiger charge is 2.36. The van der Waals surface area contributed by atoms with E-state index in [9.17, 15) is 0 Å². The molecule has 1 N–H and O–H groups in total. The molecule has 0 aliphatic rings. The fourth-order valence-corrected chi connectivity index (χ4v) is 7.51. The average Bonchev–Trinajstić information content (AvgIpc) is 3.25. The van der Waals surface area contributed by atoms with Crippen molar-refractivity contribution in [1.29, 1.82) is 0 Å². The number of hydrogen-bond donors (Lipinski definition) is 1. The summed E-state index contributed by atoms with van der Waals surface area (Å²) in [7, 11) is -3.12. The van der Waals surface area contributed by atoms with Gasteiger partial charge in [0.2, 0.25) is 0 Å². The van der Waals surface area contributed by atoms with Gasteiger partial charge in [0.15, 0.2) is 7.14 Å². The highest BCUT2D eigenvalue weighted by Crippen LogP contribution is 2.47. The molecule has 3 heteroatoms. The summed E-state index contributed by atoms with van der Waals surface area (Å²) in [6, 6.07) is 38.4. The zero-order valence-corrected chi connectivity index (χ0v) is 18.3. The summed E-state index contributed by atoms with van der Waals surface area (Å²) in [5.74, 6) is 0.0735. The van der Waals surface area contributed by atoms with Gasteiger partial charge >= 0.3 is 0 Å². The van der Waals surface area contributed by atoms with Gasteiger partial charge in [0, 0.05) is 38.4 Å². The summed E-state index contributed by atoms with van der Waals surface area (Å²) in [6.07, 6.45) is 0. The van der Waals surface area contributed by atoms with E-state index >= 15 is 4.57 Å². The first-order valence-electron chi connectivity index (χ1n) is 10.6. The van der Waals surface area contributed by atoms with Gasteiger partial charge in [-0.15, -0.1) is 0 Å². The highest BCUT2D eigenvalue weighted by molar-refractivity contribution is 7.85. The van der Waals surface area contributed by atoms with Crippen molar-refractivity contribution >= 4 is 34.0 Å². The first-order chi connectivity index (χ1) is 15.2. The maximum Gasteiger partial charge on any atom is 0.173 e. The van der Waals surface area contributed by atoms with E-state index in [-0.39, 0.29) is 5.92 Å². The molecule has 0 radical (unpaired) electrons. The Morgan fingerprint density at radius 2 is 1.13 bits per heavy atom. The van der Waals surface area contributed by atoms with Gasteiger partial charge < -0.3 is 9.55 Å². The number of aromatic amines is 1. The van der Waals surface area contributed by atoms with Crippen LogP contribution in [0, 0.1) is 0 Å². The van der Waals surface area contributed by atoms with Crippen molar-refractivity contribution in [1.82, 2.24) is 4.98 Å². The lowest BCUT2D eigenvalue weighted by Gasteiger charge is -2.23. The van der Waals surface area contributed by atoms with Crippen molar-refractivity contribution in [3.63, 3.8) is 0 Å². The molecule has 5 aromatic rings. The number of fused-ring (bicyclic) bond motifs is 1. The largest absolute Gasteiger partial charge is 0.357 e. The van der Waals surface area contributed by atoms with Gasteiger partial charge in [-0.05, 0) is 11.6 Å². The number of hydrogen-bond acceptors (Lipinski definition) is 1. The van der Waals surface area contributed by atoms with Crippen LogP contribution in [0.15, 0.2) is 115 Å².